The number of benzene rings is 2. The zero-order valence-electron chi connectivity index (χ0n) is 12.8. The van der Waals surface area contributed by atoms with Crippen LogP contribution in [0, 0.1) is 12.4 Å². The van der Waals surface area contributed by atoms with Crippen LogP contribution in [0.15, 0.2) is 53.3 Å². The van der Waals surface area contributed by atoms with Gasteiger partial charge >= 0.3 is 0 Å². The molecule has 1 heterocycles. The number of nitrogens with one attached hydrogen (secondary N) is 1. The molecule has 2 aromatic carbocycles. The van der Waals surface area contributed by atoms with Crippen LogP contribution in [0.1, 0.15) is 11.3 Å². The van der Waals surface area contributed by atoms with Crippen molar-refractivity contribution in [3.63, 3.8) is 0 Å². The molecule has 1 aromatic heterocycles. The predicted molar refractivity (Wildman–Crippen MR) is 91.9 cm³/mol. The molecule has 0 atom stereocenters. The summed E-state index contributed by atoms with van der Waals surface area (Å²) in [6, 6.07) is 11.9. The molecule has 0 aliphatic carbocycles. The fraction of sp³-hybridized carbons (Fsp3) is 0.0556. The largest absolute Gasteiger partial charge is 0.457 e. The SMILES string of the molecule is [C-]#[N+]c1cc(F)cc(Oc2cc(Cc3ccc(=O)[nH]n3)ccc2Cl)c1. The Morgan fingerprint density at radius 1 is 1.20 bits per heavy atom. The highest BCUT2D eigenvalue weighted by Crippen LogP contribution is 2.33. The summed E-state index contributed by atoms with van der Waals surface area (Å²) < 4.78 is 19.2. The molecule has 5 nitrogen and oxygen atoms in total. The fourth-order valence-corrected chi connectivity index (χ4v) is 2.37. The van der Waals surface area contributed by atoms with Crippen molar-refractivity contribution in [1.82, 2.24) is 10.2 Å². The van der Waals surface area contributed by atoms with Crippen molar-refractivity contribution in [3.8, 4) is 11.5 Å². The summed E-state index contributed by atoms with van der Waals surface area (Å²) in [5, 5.41) is 6.68. The van der Waals surface area contributed by atoms with Crippen LogP contribution < -0.4 is 10.3 Å². The first-order valence-corrected chi connectivity index (χ1v) is 7.60. The minimum atomic E-state index is -0.562. The molecule has 0 radical (unpaired) electrons. The van der Waals surface area contributed by atoms with Gasteiger partial charge in [0.1, 0.15) is 17.3 Å². The van der Waals surface area contributed by atoms with Gasteiger partial charge in [-0.1, -0.05) is 17.7 Å². The third-order valence-electron chi connectivity index (χ3n) is 3.33. The van der Waals surface area contributed by atoms with Crippen LogP contribution in [-0.2, 0) is 6.42 Å². The van der Waals surface area contributed by atoms with E-state index in [2.05, 4.69) is 15.0 Å². The molecular weight excluding hydrogens is 345 g/mol. The van der Waals surface area contributed by atoms with Crippen LogP contribution in [0.25, 0.3) is 4.85 Å². The Balaban J connectivity index is 1.87. The van der Waals surface area contributed by atoms with Crippen LogP contribution in [0.2, 0.25) is 5.02 Å². The molecule has 25 heavy (non-hydrogen) atoms. The van der Waals surface area contributed by atoms with Gasteiger partial charge in [0, 0.05) is 18.6 Å². The standard InChI is InChI=1S/C18H11ClFN3O2/c1-21-14-8-12(20)9-15(10-14)25-17-7-11(2-4-16(17)19)6-13-3-5-18(24)23-22-13/h2-5,7-10H,6H2,(H,23,24). The van der Waals surface area contributed by atoms with E-state index in [9.17, 15) is 9.18 Å². The summed E-state index contributed by atoms with van der Waals surface area (Å²) in [7, 11) is 0. The summed E-state index contributed by atoms with van der Waals surface area (Å²) in [6.45, 7) is 6.98. The van der Waals surface area contributed by atoms with Crippen LogP contribution in [0.4, 0.5) is 10.1 Å². The number of halogens is 2. The van der Waals surface area contributed by atoms with Gasteiger partial charge in [-0.2, -0.15) is 5.10 Å². The highest BCUT2D eigenvalue weighted by molar-refractivity contribution is 6.32. The maximum atomic E-state index is 13.5. The Morgan fingerprint density at radius 3 is 2.76 bits per heavy atom. The lowest BCUT2D eigenvalue weighted by molar-refractivity contribution is 0.477. The third kappa shape index (κ3) is 4.22. The van der Waals surface area contributed by atoms with Gasteiger partial charge in [0.05, 0.1) is 17.3 Å². The predicted octanol–water partition coefficient (Wildman–Crippen LogP) is 4.50. The zero-order chi connectivity index (χ0) is 17.8. The number of aromatic amines is 1. The molecule has 124 valence electrons. The first-order chi connectivity index (χ1) is 12.0. The van der Waals surface area contributed by atoms with Gasteiger partial charge in [-0.25, -0.2) is 14.3 Å². The minimum absolute atomic E-state index is 0.139. The Hall–Kier alpha value is -3.17. The lowest BCUT2D eigenvalue weighted by Gasteiger charge is -2.10. The molecule has 0 fully saturated rings. The smallest absolute Gasteiger partial charge is 0.264 e. The molecule has 0 saturated carbocycles. The molecule has 0 unspecified atom stereocenters. The number of rotatable bonds is 4. The van der Waals surface area contributed by atoms with E-state index in [0.29, 0.717) is 22.9 Å². The summed E-state index contributed by atoms with van der Waals surface area (Å²) in [6.07, 6.45) is 0.459. The number of H-pyrrole nitrogens is 1. The van der Waals surface area contributed by atoms with Gasteiger partial charge in [0.25, 0.3) is 5.56 Å². The number of hydrogen-bond donors (Lipinski definition) is 1. The maximum absolute atomic E-state index is 13.5. The number of nitrogens with zero attached hydrogens (tertiary/aromatic N) is 2. The van der Waals surface area contributed by atoms with Crippen LogP contribution in [0.5, 0.6) is 11.5 Å². The van der Waals surface area contributed by atoms with Gasteiger partial charge in [0.15, 0.2) is 5.69 Å². The van der Waals surface area contributed by atoms with Crippen molar-refractivity contribution < 1.29 is 9.13 Å². The lowest BCUT2D eigenvalue weighted by Crippen LogP contribution is -2.07. The van der Waals surface area contributed by atoms with Crippen molar-refractivity contribution in [1.29, 1.82) is 0 Å². The molecule has 0 spiro atoms. The maximum Gasteiger partial charge on any atom is 0.264 e. The van der Waals surface area contributed by atoms with Crippen molar-refractivity contribution in [2.45, 2.75) is 6.42 Å². The molecule has 3 aromatic rings. The van der Waals surface area contributed by atoms with Gasteiger partial charge < -0.3 is 4.74 Å². The van der Waals surface area contributed by atoms with Gasteiger partial charge in [-0.05, 0) is 35.9 Å². The average Bonchev–Trinajstić information content (AvgIpc) is 2.59. The number of hydrogen-bond acceptors (Lipinski definition) is 3. The van der Waals surface area contributed by atoms with E-state index in [4.69, 9.17) is 22.9 Å². The first kappa shape index (κ1) is 16.7. The van der Waals surface area contributed by atoms with E-state index in [-0.39, 0.29) is 17.0 Å². The number of aromatic nitrogens is 2. The average molecular weight is 356 g/mol. The quantitative estimate of drug-likeness (QED) is 0.701. The Bertz CT molecular complexity index is 1010. The molecular formula is C18H11ClFN3O2. The second kappa shape index (κ2) is 7.16. The van der Waals surface area contributed by atoms with Crippen LogP contribution in [0.3, 0.4) is 0 Å². The number of ether oxygens (including phenoxy) is 1. The van der Waals surface area contributed by atoms with Gasteiger partial charge in [0.2, 0.25) is 0 Å². The van der Waals surface area contributed by atoms with Gasteiger partial charge in [-0.15, -0.1) is 0 Å². The van der Waals surface area contributed by atoms with Crippen molar-refractivity contribution in [2.24, 2.45) is 0 Å². The molecule has 0 aliphatic rings. The van der Waals surface area contributed by atoms with Crippen LogP contribution in [-0.4, -0.2) is 10.2 Å². The van der Waals surface area contributed by atoms with Gasteiger partial charge in [-0.3, -0.25) is 4.79 Å². The highest BCUT2D eigenvalue weighted by atomic mass is 35.5. The fourth-order valence-electron chi connectivity index (χ4n) is 2.22. The summed E-state index contributed by atoms with van der Waals surface area (Å²) in [5.74, 6) is -0.0365. The minimum Gasteiger partial charge on any atom is -0.457 e. The Kier molecular flexibility index (Phi) is 4.78. The molecule has 0 aliphatic heterocycles. The second-order valence-corrected chi connectivity index (χ2v) is 5.62. The topological polar surface area (TPSA) is 59.3 Å². The van der Waals surface area contributed by atoms with Crippen molar-refractivity contribution in [2.75, 3.05) is 0 Å². The summed E-state index contributed by atoms with van der Waals surface area (Å²) in [4.78, 5) is 14.2. The molecule has 7 heteroatoms. The third-order valence-corrected chi connectivity index (χ3v) is 3.64. The molecule has 1 N–H and O–H groups in total. The normalized spacial score (nSPS) is 10.3. The molecule has 0 amide bonds. The van der Waals surface area contributed by atoms with E-state index in [1.807, 2.05) is 0 Å². The summed E-state index contributed by atoms with van der Waals surface area (Å²) >= 11 is 6.14. The van der Waals surface area contributed by atoms with E-state index in [1.54, 1.807) is 24.3 Å². The molecule has 0 saturated heterocycles. The molecule has 3 rings (SSSR count). The monoisotopic (exact) mass is 355 g/mol. The molecule has 0 bridgehead atoms. The first-order valence-electron chi connectivity index (χ1n) is 7.22. The van der Waals surface area contributed by atoms with E-state index < -0.39 is 5.82 Å². The van der Waals surface area contributed by atoms with E-state index in [0.717, 1.165) is 11.6 Å². The van der Waals surface area contributed by atoms with Crippen LogP contribution >= 0.6 is 11.6 Å². The second-order valence-electron chi connectivity index (χ2n) is 5.21. The Labute approximate surface area is 147 Å². The van der Waals surface area contributed by atoms with Crippen molar-refractivity contribution in [3.05, 3.63) is 92.4 Å². The zero-order valence-corrected chi connectivity index (χ0v) is 13.5. The summed E-state index contributed by atoms with van der Waals surface area (Å²) in [5.41, 5.74) is 1.39. The van der Waals surface area contributed by atoms with Crippen molar-refractivity contribution >= 4 is 17.3 Å². The highest BCUT2D eigenvalue weighted by Gasteiger charge is 2.08. The Morgan fingerprint density at radius 2 is 2.04 bits per heavy atom. The van der Waals surface area contributed by atoms with E-state index >= 15 is 0 Å². The lowest BCUT2D eigenvalue weighted by atomic mass is 10.1. The van der Waals surface area contributed by atoms with E-state index in [1.165, 1.54) is 18.2 Å².